The molecule has 0 aromatic rings. The largest absolute Gasteiger partial charge is 0.462 e. The first-order valence-corrected chi connectivity index (χ1v) is 24.8. The standard InChI is InChI=1S/C52H77O15/c1-29-14-13-17-36-27-59-49-44(53)32(4)22-39(52(36,49)55)50(54)63-38-23-37(66-51(26-38)21-20-31(3)46(67-51)35-15-11-10-12-16-35)19-18-30(2)45(29)64-42-25-41(58-9)48(34(6)62-42)65-43-24-40(57-8)47(33(5)61-43)60-28-56-7/h13-14,17-18,20-22,28-29,31,33-35,37-49,53,55H,10-12,15-16,19,23-27H2,1-9H3/b14-13+,30-18+,36-17+/t29?,31-,33-,34-,37+,38-,39-,40-,41-,42?,43-,44+,45-,46-,47?,48-,49+,51+,52+/m0/s1. The fourth-order valence-electron chi connectivity index (χ4n) is 12.0. The van der Waals surface area contributed by atoms with Crippen molar-refractivity contribution < 1.29 is 71.8 Å². The molecule has 6 aliphatic heterocycles. The van der Waals surface area contributed by atoms with Gasteiger partial charge in [0.1, 0.15) is 42.0 Å². The lowest BCUT2D eigenvalue weighted by atomic mass is 9.71. The van der Waals surface area contributed by atoms with Crippen molar-refractivity contribution in [1.82, 2.24) is 0 Å². The Kier molecular flexibility index (Phi) is 16.7. The van der Waals surface area contributed by atoms with Gasteiger partial charge in [0.15, 0.2) is 18.4 Å². The van der Waals surface area contributed by atoms with Gasteiger partial charge in [-0.25, -0.2) is 0 Å². The first kappa shape index (κ1) is 51.0. The van der Waals surface area contributed by atoms with Crippen LogP contribution in [0.15, 0.2) is 59.3 Å². The summed E-state index contributed by atoms with van der Waals surface area (Å²) in [5.74, 6) is -2.33. The summed E-state index contributed by atoms with van der Waals surface area (Å²) in [5.41, 5.74) is 0.171. The lowest BCUT2D eigenvalue weighted by Crippen LogP contribution is -2.58. The molecule has 15 heteroatoms. The quantitative estimate of drug-likeness (QED) is 0.175. The van der Waals surface area contributed by atoms with Crippen molar-refractivity contribution >= 4 is 5.97 Å². The number of carbonyl (C=O) groups is 1. The number of allylic oxidation sites excluding steroid dienone is 2. The third kappa shape index (κ3) is 10.9. The summed E-state index contributed by atoms with van der Waals surface area (Å²) in [7, 11) is 4.84. The van der Waals surface area contributed by atoms with Crippen LogP contribution < -0.4 is 0 Å². The monoisotopic (exact) mass is 942 g/mol. The van der Waals surface area contributed by atoms with Gasteiger partial charge in [-0.1, -0.05) is 69.6 Å². The second kappa shape index (κ2) is 22.0. The minimum absolute atomic E-state index is 0.0252. The molecule has 0 aromatic heterocycles. The summed E-state index contributed by atoms with van der Waals surface area (Å²) in [6.45, 7) is 13.3. The van der Waals surface area contributed by atoms with Crippen LogP contribution in [-0.2, 0) is 61.6 Å². The molecule has 15 nitrogen and oxygen atoms in total. The summed E-state index contributed by atoms with van der Waals surface area (Å²) in [6.07, 6.45) is 14.6. The molecule has 4 saturated heterocycles. The van der Waals surface area contributed by atoms with E-state index in [1.165, 1.54) is 33.2 Å². The number of fused-ring (bicyclic) bond motifs is 2. The molecule has 1 saturated carbocycles. The minimum atomic E-state index is -1.83. The molecule has 375 valence electrons. The molecule has 2 bridgehead atoms. The van der Waals surface area contributed by atoms with E-state index in [2.05, 4.69) is 32.9 Å². The number of rotatable bonds is 10. The summed E-state index contributed by atoms with van der Waals surface area (Å²) in [6, 6.07) is 0. The highest BCUT2D eigenvalue weighted by molar-refractivity contribution is 5.78. The minimum Gasteiger partial charge on any atom is -0.462 e. The van der Waals surface area contributed by atoms with Gasteiger partial charge in [-0.05, 0) is 75.7 Å². The van der Waals surface area contributed by atoms with Crippen LogP contribution in [-0.4, -0.2) is 141 Å². The highest BCUT2D eigenvalue weighted by Crippen LogP contribution is 2.48. The van der Waals surface area contributed by atoms with E-state index in [1.807, 2.05) is 32.1 Å². The normalized spacial score (nSPS) is 47.5. The maximum Gasteiger partial charge on any atom is 0.316 e. The summed E-state index contributed by atoms with van der Waals surface area (Å²) in [5, 5.41) is 23.9. The Morgan fingerprint density at radius 1 is 0.821 bits per heavy atom. The van der Waals surface area contributed by atoms with Crippen molar-refractivity contribution in [3.05, 3.63) is 66.0 Å². The Morgan fingerprint density at radius 2 is 1.52 bits per heavy atom. The maximum atomic E-state index is 14.5. The number of hydrogen-bond acceptors (Lipinski definition) is 15. The fourth-order valence-corrected chi connectivity index (χ4v) is 12.0. The van der Waals surface area contributed by atoms with Crippen LogP contribution in [0.2, 0.25) is 0 Å². The highest BCUT2D eigenvalue weighted by Gasteiger charge is 2.60. The molecule has 2 N–H and O–H groups in total. The van der Waals surface area contributed by atoms with Gasteiger partial charge in [0.25, 0.3) is 0 Å². The van der Waals surface area contributed by atoms with Crippen molar-refractivity contribution in [3.63, 3.8) is 0 Å². The average molecular weight is 942 g/mol. The first-order valence-electron chi connectivity index (χ1n) is 24.8. The van der Waals surface area contributed by atoms with E-state index in [0.29, 0.717) is 49.2 Å². The Hall–Kier alpha value is -2.35. The number of aliphatic hydroxyl groups is 2. The SMILES string of the molecule is CO[CH]OC1[C@H](C)O[C@@H](O[C@H]2[C@H](C)OC(O[C@@H]3/C(C)=C/C[C@@H]4C[C@@H](C[C@]5(C=C[C@H](C)[C@@H](C6CCCCC6)O5)O4)OC(=O)[C@@H]4C=C(C)[C@@H](O)[C@H]5OC/C(=C\C=C\C3C)[C@]54O)C[C@@H]2OC)C[C@@H]1OC. The molecule has 1 spiro atoms. The van der Waals surface area contributed by atoms with Crippen molar-refractivity contribution in [3.8, 4) is 0 Å². The summed E-state index contributed by atoms with van der Waals surface area (Å²) < 4.78 is 75.7. The molecule has 8 aliphatic rings. The molecule has 6 heterocycles. The van der Waals surface area contributed by atoms with Crippen LogP contribution in [0.3, 0.4) is 0 Å². The molecule has 3 unspecified atom stereocenters. The van der Waals surface area contributed by atoms with E-state index >= 15 is 0 Å². The van der Waals surface area contributed by atoms with Gasteiger partial charge in [0.05, 0.1) is 49.3 Å². The van der Waals surface area contributed by atoms with E-state index in [4.69, 9.17) is 56.8 Å². The molecule has 1 radical (unpaired) electrons. The van der Waals surface area contributed by atoms with Gasteiger partial charge in [-0.3, -0.25) is 4.79 Å². The fraction of sp³-hybridized carbons (Fsp3) is 0.769. The smallest absolute Gasteiger partial charge is 0.316 e. The van der Waals surface area contributed by atoms with Crippen LogP contribution in [0.5, 0.6) is 0 Å². The zero-order valence-corrected chi connectivity index (χ0v) is 41.0. The second-order valence-electron chi connectivity index (χ2n) is 20.4. The van der Waals surface area contributed by atoms with E-state index in [1.54, 1.807) is 33.3 Å². The number of hydrogen-bond donors (Lipinski definition) is 2. The van der Waals surface area contributed by atoms with E-state index < -0.39 is 72.5 Å². The number of ether oxygens (including phenoxy) is 12. The zero-order valence-electron chi connectivity index (χ0n) is 41.0. The number of esters is 1. The van der Waals surface area contributed by atoms with Gasteiger partial charge in [-0.15, -0.1) is 0 Å². The average Bonchev–Trinajstić information content (AvgIpc) is 3.65. The molecule has 8 rings (SSSR count). The Bertz CT molecular complexity index is 1840. The van der Waals surface area contributed by atoms with Gasteiger partial charge in [0.2, 0.25) is 6.79 Å². The van der Waals surface area contributed by atoms with Crippen LogP contribution >= 0.6 is 0 Å². The number of carbonyl (C=O) groups excluding carboxylic acids is 1. The van der Waals surface area contributed by atoms with Gasteiger partial charge in [-0.2, -0.15) is 0 Å². The van der Waals surface area contributed by atoms with E-state index in [-0.39, 0.29) is 55.1 Å². The summed E-state index contributed by atoms with van der Waals surface area (Å²) >= 11 is 0. The van der Waals surface area contributed by atoms with Gasteiger partial charge < -0.3 is 67.1 Å². The van der Waals surface area contributed by atoms with E-state index in [0.717, 1.165) is 18.4 Å². The van der Waals surface area contributed by atoms with Crippen LogP contribution in [0.25, 0.3) is 0 Å². The number of aliphatic hydroxyl groups excluding tert-OH is 1. The van der Waals surface area contributed by atoms with Crippen LogP contribution in [0.4, 0.5) is 0 Å². The topological polar surface area (TPSA) is 168 Å². The first-order chi connectivity index (χ1) is 32.2. The second-order valence-corrected chi connectivity index (χ2v) is 20.4. The van der Waals surface area contributed by atoms with E-state index in [9.17, 15) is 15.0 Å². The Morgan fingerprint density at radius 3 is 2.24 bits per heavy atom. The third-order valence-corrected chi connectivity index (χ3v) is 15.7. The van der Waals surface area contributed by atoms with Crippen molar-refractivity contribution in [2.75, 3.05) is 27.9 Å². The number of methoxy groups -OCH3 is 3. The summed E-state index contributed by atoms with van der Waals surface area (Å²) in [4.78, 5) is 14.5. The molecular weight excluding hydrogens is 865 g/mol. The molecule has 0 amide bonds. The zero-order chi connectivity index (χ0) is 47.6. The predicted molar refractivity (Wildman–Crippen MR) is 245 cm³/mol. The predicted octanol–water partition coefficient (Wildman–Crippen LogP) is 6.70. The lowest BCUT2D eigenvalue weighted by molar-refractivity contribution is -0.321. The molecule has 19 atom stereocenters. The van der Waals surface area contributed by atoms with Crippen LogP contribution in [0.1, 0.15) is 106 Å². The Balaban J connectivity index is 1.06. The Labute approximate surface area is 397 Å². The van der Waals surface area contributed by atoms with Gasteiger partial charge in [0, 0.05) is 58.8 Å². The van der Waals surface area contributed by atoms with Crippen molar-refractivity contribution in [1.29, 1.82) is 0 Å². The molecule has 5 fully saturated rings. The lowest BCUT2D eigenvalue weighted by Gasteiger charge is -2.49. The van der Waals surface area contributed by atoms with Crippen LogP contribution in [0, 0.1) is 30.5 Å². The molecular formula is C52H77O15. The molecule has 2 aliphatic carbocycles. The highest BCUT2D eigenvalue weighted by atomic mass is 16.7. The molecule has 67 heavy (non-hydrogen) atoms. The molecule has 0 aromatic carbocycles. The van der Waals surface area contributed by atoms with Crippen molar-refractivity contribution in [2.24, 2.45) is 23.7 Å². The van der Waals surface area contributed by atoms with Crippen molar-refractivity contribution in [2.45, 2.75) is 203 Å². The third-order valence-electron chi connectivity index (χ3n) is 15.7. The maximum absolute atomic E-state index is 14.5. The van der Waals surface area contributed by atoms with Gasteiger partial charge >= 0.3 is 5.97 Å².